The summed E-state index contributed by atoms with van der Waals surface area (Å²) in [6, 6.07) is 11.5. The minimum Gasteiger partial charge on any atom is -0.453 e. The van der Waals surface area contributed by atoms with Crippen molar-refractivity contribution < 1.29 is 4.42 Å². The second-order valence-electron chi connectivity index (χ2n) is 3.94. The Morgan fingerprint density at radius 3 is 2.53 bits per heavy atom. The van der Waals surface area contributed by atoms with Crippen LogP contribution < -0.4 is 11.1 Å². The first-order valence-electron chi connectivity index (χ1n) is 5.57. The van der Waals surface area contributed by atoms with E-state index in [9.17, 15) is 0 Å². The van der Waals surface area contributed by atoms with Crippen molar-refractivity contribution in [3.05, 3.63) is 42.2 Å². The number of nitrogens with zero attached hydrogens (tertiary/aromatic N) is 1. The molecule has 0 bridgehead atoms. The Morgan fingerprint density at radius 2 is 1.82 bits per heavy atom. The van der Waals surface area contributed by atoms with Gasteiger partial charge in [-0.2, -0.15) is 0 Å². The summed E-state index contributed by atoms with van der Waals surface area (Å²) in [4.78, 5) is 4.32. The van der Waals surface area contributed by atoms with Crippen molar-refractivity contribution in [1.29, 1.82) is 0 Å². The van der Waals surface area contributed by atoms with E-state index < -0.39 is 0 Å². The fraction of sp³-hybridized carbons (Fsp3) is 0.154. The van der Waals surface area contributed by atoms with Crippen molar-refractivity contribution in [2.75, 3.05) is 18.8 Å². The maximum absolute atomic E-state index is 5.76. The van der Waals surface area contributed by atoms with Crippen LogP contribution in [0.25, 0.3) is 11.3 Å². The predicted octanol–water partition coefficient (Wildman–Crippen LogP) is 1.88. The number of nitrogen functional groups attached to an aromatic ring is 1. The van der Waals surface area contributed by atoms with E-state index in [1.807, 2.05) is 36.4 Å². The van der Waals surface area contributed by atoms with Gasteiger partial charge in [-0.1, -0.05) is 0 Å². The van der Waals surface area contributed by atoms with Crippen molar-refractivity contribution in [3.63, 3.8) is 0 Å². The van der Waals surface area contributed by atoms with E-state index in [1.165, 1.54) is 0 Å². The lowest BCUT2D eigenvalue weighted by atomic mass is 10.1. The average Bonchev–Trinajstić information content (AvgIpc) is 3.00. The number of nitrogens with one attached hydrogen (secondary N) is 1. The molecule has 0 fully saturated rings. The lowest BCUT2D eigenvalue weighted by molar-refractivity contribution is 0.570. The zero-order chi connectivity index (χ0) is 11.7. The molecule has 0 saturated carbocycles. The quantitative estimate of drug-likeness (QED) is 0.770. The minimum atomic E-state index is 0.752. The molecule has 17 heavy (non-hydrogen) atoms. The number of anilines is 1. The fourth-order valence-corrected chi connectivity index (χ4v) is 1.83. The largest absolute Gasteiger partial charge is 0.453 e. The van der Waals surface area contributed by atoms with Gasteiger partial charge in [0.15, 0.2) is 11.6 Å². The van der Waals surface area contributed by atoms with E-state index >= 15 is 0 Å². The molecule has 3 N–H and O–H groups in total. The predicted molar refractivity (Wildman–Crippen MR) is 68.0 cm³/mol. The van der Waals surface area contributed by atoms with Crippen molar-refractivity contribution in [2.45, 2.75) is 0 Å². The Kier molecular flexibility index (Phi) is 2.33. The first-order chi connectivity index (χ1) is 8.33. The molecule has 1 aromatic carbocycles. The number of aliphatic imine (C=N–C) groups is 1. The molecule has 2 heterocycles. The van der Waals surface area contributed by atoms with Crippen LogP contribution in [-0.4, -0.2) is 18.9 Å². The Labute approximate surface area is 99.2 Å². The number of amidine groups is 1. The third kappa shape index (κ3) is 1.89. The van der Waals surface area contributed by atoms with E-state index in [4.69, 9.17) is 10.2 Å². The highest BCUT2D eigenvalue weighted by Crippen LogP contribution is 2.23. The van der Waals surface area contributed by atoms with Gasteiger partial charge in [-0.25, -0.2) is 0 Å². The summed E-state index contributed by atoms with van der Waals surface area (Å²) < 4.78 is 5.76. The van der Waals surface area contributed by atoms with E-state index in [1.54, 1.807) is 0 Å². The molecule has 0 spiro atoms. The molecule has 4 heteroatoms. The minimum absolute atomic E-state index is 0.752. The zero-order valence-electron chi connectivity index (χ0n) is 9.31. The standard InChI is InChI=1S/C13H13N3O/c14-10-3-1-9(2-4-10)11-5-6-12(17-11)13-15-7-8-16-13/h1-6H,7-8,14H2,(H,15,16). The van der Waals surface area contributed by atoms with Crippen LogP contribution in [-0.2, 0) is 0 Å². The van der Waals surface area contributed by atoms with Gasteiger partial charge in [0.25, 0.3) is 0 Å². The molecule has 2 aromatic rings. The normalized spacial score (nSPS) is 14.5. The van der Waals surface area contributed by atoms with Crippen LogP contribution in [0.2, 0.25) is 0 Å². The van der Waals surface area contributed by atoms with Crippen LogP contribution in [0.4, 0.5) is 5.69 Å². The second kappa shape index (κ2) is 3.97. The van der Waals surface area contributed by atoms with E-state index in [2.05, 4.69) is 10.3 Å². The van der Waals surface area contributed by atoms with Gasteiger partial charge in [0.05, 0.1) is 6.54 Å². The van der Waals surface area contributed by atoms with Crippen LogP contribution in [0, 0.1) is 0 Å². The molecule has 1 aliphatic rings. The first-order valence-corrected chi connectivity index (χ1v) is 5.57. The molecular weight excluding hydrogens is 214 g/mol. The third-order valence-corrected chi connectivity index (χ3v) is 2.71. The molecule has 0 amide bonds. The lowest BCUT2D eigenvalue weighted by Crippen LogP contribution is -2.18. The summed E-state index contributed by atoms with van der Waals surface area (Å²) in [5.74, 6) is 2.46. The average molecular weight is 227 g/mol. The molecule has 1 aromatic heterocycles. The van der Waals surface area contributed by atoms with Gasteiger partial charge in [-0.05, 0) is 36.4 Å². The molecule has 4 nitrogen and oxygen atoms in total. The lowest BCUT2D eigenvalue weighted by Gasteiger charge is -1.99. The smallest absolute Gasteiger partial charge is 0.169 e. The van der Waals surface area contributed by atoms with Crippen LogP contribution >= 0.6 is 0 Å². The number of nitrogens with two attached hydrogens (primary N) is 1. The Morgan fingerprint density at radius 1 is 1.06 bits per heavy atom. The summed E-state index contributed by atoms with van der Waals surface area (Å²) in [6.07, 6.45) is 0. The summed E-state index contributed by atoms with van der Waals surface area (Å²) in [5, 5.41) is 3.18. The maximum atomic E-state index is 5.76. The molecule has 86 valence electrons. The molecule has 0 unspecified atom stereocenters. The van der Waals surface area contributed by atoms with E-state index in [0.29, 0.717) is 0 Å². The van der Waals surface area contributed by atoms with E-state index in [-0.39, 0.29) is 0 Å². The summed E-state index contributed by atoms with van der Waals surface area (Å²) in [5.41, 5.74) is 7.42. The van der Waals surface area contributed by atoms with Crippen LogP contribution in [0.1, 0.15) is 5.76 Å². The van der Waals surface area contributed by atoms with Crippen LogP contribution in [0.15, 0.2) is 45.8 Å². The van der Waals surface area contributed by atoms with Gasteiger partial charge in [0.2, 0.25) is 0 Å². The SMILES string of the molecule is Nc1ccc(-c2ccc(C3=NCCN3)o2)cc1. The van der Waals surface area contributed by atoms with Gasteiger partial charge in [-0.15, -0.1) is 0 Å². The van der Waals surface area contributed by atoms with E-state index in [0.717, 1.165) is 41.7 Å². The van der Waals surface area contributed by atoms with Crippen molar-refractivity contribution in [1.82, 2.24) is 5.32 Å². The molecule has 0 aliphatic carbocycles. The summed E-state index contributed by atoms with van der Waals surface area (Å²) >= 11 is 0. The Bertz CT molecular complexity index is 554. The monoisotopic (exact) mass is 227 g/mol. The number of hydrogen-bond acceptors (Lipinski definition) is 4. The van der Waals surface area contributed by atoms with Crippen molar-refractivity contribution >= 4 is 11.5 Å². The third-order valence-electron chi connectivity index (χ3n) is 2.71. The number of furan rings is 1. The number of rotatable bonds is 2. The zero-order valence-corrected chi connectivity index (χ0v) is 9.31. The number of benzene rings is 1. The highest BCUT2D eigenvalue weighted by Gasteiger charge is 2.12. The van der Waals surface area contributed by atoms with Gasteiger partial charge in [0.1, 0.15) is 5.76 Å². The second-order valence-corrected chi connectivity index (χ2v) is 3.94. The van der Waals surface area contributed by atoms with Gasteiger partial charge in [0, 0.05) is 17.8 Å². The van der Waals surface area contributed by atoms with Gasteiger partial charge in [-0.3, -0.25) is 4.99 Å². The molecule has 1 aliphatic heterocycles. The molecule has 0 saturated heterocycles. The highest BCUT2D eigenvalue weighted by molar-refractivity contribution is 5.97. The topological polar surface area (TPSA) is 63.5 Å². The molecule has 3 rings (SSSR count). The molecular formula is C13H13N3O. The highest BCUT2D eigenvalue weighted by atomic mass is 16.3. The van der Waals surface area contributed by atoms with Crippen molar-refractivity contribution in [2.24, 2.45) is 4.99 Å². The van der Waals surface area contributed by atoms with Gasteiger partial charge < -0.3 is 15.5 Å². The first kappa shape index (κ1) is 9.96. The fourth-order valence-electron chi connectivity index (χ4n) is 1.83. The van der Waals surface area contributed by atoms with Crippen LogP contribution in [0.5, 0.6) is 0 Å². The summed E-state index contributed by atoms with van der Waals surface area (Å²) in [6.45, 7) is 1.69. The Hall–Kier alpha value is -2.23. The van der Waals surface area contributed by atoms with Crippen LogP contribution in [0.3, 0.4) is 0 Å². The van der Waals surface area contributed by atoms with Gasteiger partial charge >= 0.3 is 0 Å². The number of hydrogen-bond donors (Lipinski definition) is 2. The molecule has 0 atom stereocenters. The maximum Gasteiger partial charge on any atom is 0.169 e. The summed E-state index contributed by atoms with van der Waals surface area (Å²) in [7, 11) is 0. The molecule has 0 radical (unpaired) electrons. The van der Waals surface area contributed by atoms with Crippen molar-refractivity contribution in [3.8, 4) is 11.3 Å². The Balaban J connectivity index is 1.92.